The Labute approximate surface area is 150 Å². The number of halogens is 1. The third-order valence-electron chi connectivity index (χ3n) is 3.87. The summed E-state index contributed by atoms with van der Waals surface area (Å²) in [7, 11) is -3.17. The van der Waals surface area contributed by atoms with Gasteiger partial charge < -0.3 is 4.74 Å². The average Bonchev–Trinajstić information content (AvgIpc) is 2.61. The maximum absolute atomic E-state index is 12.1. The molecule has 0 unspecified atom stereocenters. The van der Waals surface area contributed by atoms with Gasteiger partial charge in [-0.3, -0.25) is 0 Å². The highest BCUT2D eigenvalue weighted by molar-refractivity contribution is 9.15. The number of rotatable bonds is 4. The lowest BCUT2D eigenvalue weighted by Crippen LogP contribution is -2.15. The average molecular weight is 405 g/mol. The normalized spacial score (nSPS) is 16.0. The number of hydrogen-bond donors (Lipinski definition) is 0. The van der Waals surface area contributed by atoms with Crippen molar-refractivity contribution in [3.8, 4) is 5.75 Å². The molecule has 0 saturated carbocycles. The largest absolute Gasteiger partial charge is 0.464 e. The van der Waals surface area contributed by atoms with Crippen LogP contribution in [0.1, 0.15) is 18.1 Å². The second kappa shape index (κ2) is 6.95. The van der Waals surface area contributed by atoms with Gasteiger partial charge in [-0.05, 0) is 27.6 Å². The number of hydrogen-bond acceptors (Lipinski definition) is 3. The van der Waals surface area contributed by atoms with Crippen molar-refractivity contribution in [3.63, 3.8) is 0 Å². The minimum absolute atomic E-state index is 0.0465. The lowest BCUT2D eigenvalue weighted by atomic mass is 9.95. The Hall–Kier alpha value is -1.85. The van der Waals surface area contributed by atoms with Gasteiger partial charge in [-0.2, -0.15) is 0 Å². The van der Waals surface area contributed by atoms with Crippen molar-refractivity contribution in [2.75, 3.05) is 11.5 Å². The summed E-state index contributed by atoms with van der Waals surface area (Å²) in [5.41, 5.74) is 3.40. The van der Waals surface area contributed by atoms with Gasteiger partial charge in [0.25, 0.3) is 0 Å². The Morgan fingerprint density at radius 1 is 1.04 bits per heavy atom. The molecule has 2 aromatic rings. The van der Waals surface area contributed by atoms with Gasteiger partial charge in [0.15, 0.2) is 9.84 Å². The van der Waals surface area contributed by atoms with Crippen LogP contribution in [0.5, 0.6) is 5.75 Å². The first-order valence-corrected chi connectivity index (χ1v) is 10.2. The van der Waals surface area contributed by atoms with Crippen LogP contribution < -0.4 is 4.74 Å². The molecule has 1 aliphatic rings. The Balaban J connectivity index is 2.18. The molecule has 0 bridgehead atoms. The van der Waals surface area contributed by atoms with Crippen molar-refractivity contribution < 1.29 is 13.2 Å². The molecule has 0 saturated heterocycles. The molecular weight excluding hydrogens is 388 g/mol. The Kier molecular flexibility index (Phi) is 4.92. The number of para-hydroxylation sites is 1. The number of ether oxygens (including phenoxy) is 1. The van der Waals surface area contributed by atoms with Gasteiger partial charge in [0, 0.05) is 26.9 Å². The third kappa shape index (κ3) is 3.47. The summed E-state index contributed by atoms with van der Waals surface area (Å²) >= 11 is 3.68. The maximum Gasteiger partial charge on any atom is 0.154 e. The van der Waals surface area contributed by atoms with Crippen LogP contribution in [0.15, 0.2) is 66.4 Å². The molecule has 0 radical (unpaired) electrons. The van der Waals surface area contributed by atoms with Gasteiger partial charge in [-0.1, -0.05) is 55.5 Å². The fraction of sp³-hybridized carbons (Fsp3) is 0.158. The molecule has 5 heteroatoms. The monoisotopic (exact) mass is 404 g/mol. The lowest BCUT2D eigenvalue weighted by molar-refractivity contribution is 0.470. The standard InChI is InChI=1S/C19H17BrO3S/c1-2-24(21,22)13-15-12-23-17-11-7-6-10-16(17)18(15)19(20)14-8-4-3-5-9-14/h3-12H,2,13H2,1H3/b19-18-. The van der Waals surface area contributed by atoms with Gasteiger partial charge in [0.2, 0.25) is 0 Å². The number of benzene rings is 2. The fourth-order valence-corrected chi connectivity index (χ4v) is 4.20. The zero-order chi connectivity index (χ0) is 17.2. The first-order chi connectivity index (χ1) is 11.5. The molecule has 1 heterocycles. The van der Waals surface area contributed by atoms with Crippen molar-refractivity contribution in [3.05, 3.63) is 77.6 Å². The number of sulfone groups is 1. The molecular formula is C19H17BrO3S. The first-order valence-electron chi connectivity index (χ1n) is 7.63. The van der Waals surface area contributed by atoms with E-state index < -0.39 is 9.84 Å². The van der Waals surface area contributed by atoms with Crippen LogP contribution in [0, 0.1) is 0 Å². The minimum atomic E-state index is -3.17. The molecule has 2 aromatic carbocycles. The van der Waals surface area contributed by atoms with Crippen LogP contribution in [-0.4, -0.2) is 19.9 Å². The van der Waals surface area contributed by atoms with Gasteiger partial charge >= 0.3 is 0 Å². The zero-order valence-corrected chi connectivity index (χ0v) is 15.6. The molecule has 1 aliphatic heterocycles. The summed E-state index contributed by atoms with van der Waals surface area (Å²) < 4.78 is 30.8. The summed E-state index contributed by atoms with van der Waals surface area (Å²) in [4.78, 5) is 0. The second-order valence-electron chi connectivity index (χ2n) is 5.49. The predicted octanol–water partition coefficient (Wildman–Crippen LogP) is 4.66. The van der Waals surface area contributed by atoms with E-state index in [0.29, 0.717) is 5.57 Å². The Morgan fingerprint density at radius 3 is 2.42 bits per heavy atom. The second-order valence-corrected chi connectivity index (χ2v) is 8.63. The summed E-state index contributed by atoms with van der Waals surface area (Å²) in [6.45, 7) is 1.66. The number of fused-ring (bicyclic) bond motifs is 1. The molecule has 0 amide bonds. The van der Waals surface area contributed by atoms with E-state index in [0.717, 1.165) is 26.9 Å². The summed E-state index contributed by atoms with van der Waals surface area (Å²) in [6, 6.07) is 17.5. The molecule has 0 fully saturated rings. The van der Waals surface area contributed by atoms with Crippen molar-refractivity contribution in [2.45, 2.75) is 6.92 Å². The van der Waals surface area contributed by atoms with Crippen molar-refractivity contribution >= 4 is 35.8 Å². The van der Waals surface area contributed by atoms with E-state index in [-0.39, 0.29) is 11.5 Å². The maximum atomic E-state index is 12.1. The smallest absolute Gasteiger partial charge is 0.154 e. The minimum Gasteiger partial charge on any atom is -0.464 e. The highest BCUT2D eigenvalue weighted by Gasteiger charge is 2.25. The predicted molar refractivity (Wildman–Crippen MR) is 102 cm³/mol. The van der Waals surface area contributed by atoms with Crippen LogP contribution in [0.4, 0.5) is 0 Å². The molecule has 24 heavy (non-hydrogen) atoms. The van der Waals surface area contributed by atoms with Crippen LogP contribution in [-0.2, 0) is 9.84 Å². The van der Waals surface area contributed by atoms with Crippen LogP contribution in [0.25, 0.3) is 10.1 Å². The van der Waals surface area contributed by atoms with Gasteiger partial charge in [0.1, 0.15) is 5.75 Å². The van der Waals surface area contributed by atoms with Gasteiger partial charge in [0.05, 0.1) is 12.0 Å². The van der Waals surface area contributed by atoms with Gasteiger partial charge in [-0.15, -0.1) is 0 Å². The van der Waals surface area contributed by atoms with Crippen molar-refractivity contribution in [2.24, 2.45) is 0 Å². The van der Waals surface area contributed by atoms with E-state index in [1.165, 1.54) is 0 Å². The molecule has 3 nitrogen and oxygen atoms in total. The topological polar surface area (TPSA) is 43.4 Å². The summed E-state index contributed by atoms with van der Waals surface area (Å²) in [5.74, 6) is 0.773. The molecule has 0 aromatic heterocycles. The van der Waals surface area contributed by atoms with E-state index in [9.17, 15) is 8.42 Å². The van der Waals surface area contributed by atoms with Gasteiger partial charge in [-0.25, -0.2) is 8.42 Å². The first kappa shape index (κ1) is 17.0. The van der Waals surface area contributed by atoms with E-state index in [1.54, 1.807) is 13.2 Å². The van der Waals surface area contributed by atoms with Crippen molar-refractivity contribution in [1.82, 2.24) is 0 Å². The Bertz CT molecular complexity index is 913. The quantitative estimate of drug-likeness (QED) is 0.743. The van der Waals surface area contributed by atoms with Crippen LogP contribution in [0.2, 0.25) is 0 Å². The summed E-state index contributed by atoms with van der Waals surface area (Å²) in [5, 5.41) is 0. The SMILES string of the molecule is CCS(=O)(=O)CC1=COc2ccccc2/C1=C(\Br)c1ccccc1. The van der Waals surface area contributed by atoms with E-state index >= 15 is 0 Å². The number of allylic oxidation sites excluding steroid dienone is 1. The van der Waals surface area contributed by atoms with Crippen LogP contribution in [0.3, 0.4) is 0 Å². The molecule has 124 valence electrons. The molecule has 0 aliphatic carbocycles. The fourth-order valence-electron chi connectivity index (χ4n) is 2.58. The van der Waals surface area contributed by atoms with E-state index in [1.807, 2.05) is 54.6 Å². The molecule has 0 N–H and O–H groups in total. The zero-order valence-electron chi connectivity index (χ0n) is 13.2. The van der Waals surface area contributed by atoms with Crippen LogP contribution >= 0.6 is 15.9 Å². The highest BCUT2D eigenvalue weighted by Crippen LogP contribution is 2.42. The summed E-state index contributed by atoms with van der Waals surface area (Å²) in [6.07, 6.45) is 1.55. The van der Waals surface area contributed by atoms with E-state index in [4.69, 9.17) is 4.74 Å². The Morgan fingerprint density at radius 2 is 1.71 bits per heavy atom. The van der Waals surface area contributed by atoms with E-state index in [2.05, 4.69) is 15.9 Å². The highest BCUT2D eigenvalue weighted by atomic mass is 79.9. The molecule has 3 rings (SSSR count). The van der Waals surface area contributed by atoms with Crippen molar-refractivity contribution in [1.29, 1.82) is 0 Å². The third-order valence-corrected chi connectivity index (χ3v) is 6.35. The molecule has 0 atom stereocenters. The molecule has 0 spiro atoms. The lowest BCUT2D eigenvalue weighted by Gasteiger charge is -2.22.